The molecule has 0 atom stereocenters. The predicted molar refractivity (Wildman–Crippen MR) is 64.9 cm³/mol. The van der Waals surface area contributed by atoms with E-state index in [0.29, 0.717) is 0 Å². The maximum atomic E-state index is 3.69. The first-order valence-corrected chi connectivity index (χ1v) is 7.39. The highest BCUT2D eigenvalue weighted by Gasteiger charge is 2.16. The third kappa shape index (κ3) is 3.47. The third-order valence-electron chi connectivity index (χ3n) is 3.68. The highest BCUT2D eigenvalue weighted by molar-refractivity contribution is 7.99. The molecule has 0 aromatic rings. The number of hydrogen-bond acceptors (Lipinski definition) is 2. The van der Waals surface area contributed by atoms with Crippen LogP contribution in [0.25, 0.3) is 0 Å². The molecule has 0 amide bonds. The van der Waals surface area contributed by atoms with Crippen LogP contribution >= 0.6 is 11.8 Å². The highest BCUT2D eigenvalue weighted by Crippen LogP contribution is 2.25. The fourth-order valence-electron chi connectivity index (χ4n) is 2.66. The van der Waals surface area contributed by atoms with Crippen molar-refractivity contribution < 1.29 is 0 Å². The molecule has 1 saturated heterocycles. The highest BCUT2D eigenvalue weighted by atomic mass is 32.2. The lowest BCUT2D eigenvalue weighted by Crippen LogP contribution is -2.29. The average Bonchev–Trinajstić information content (AvgIpc) is 2.72. The van der Waals surface area contributed by atoms with Gasteiger partial charge in [0.15, 0.2) is 0 Å². The van der Waals surface area contributed by atoms with Gasteiger partial charge < -0.3 is 5.32 Å². The van der Waals surface area contributed by atoms with E-state index in [1.54, 1.807) is 0 Å². The van der Waals surface area contributed by atoms with E-state index in [0.717, 1.165) is 11.8 Å². The van der Waals surface area contributed by atoms with E-state index in [9.17, 15) is 0 Å². The number of hydrogen-bond donors (Lipinski definition) is 1. The van der Waals surface area contributed by atoms with Crippen molar-refractivity contribution in [1.29, 1.82) is 0 Å². The van der Waals surface area contributed by atoms with Gasteiger partial charge in [-0.05, 0) is 62.1 Å². The summed E-state index contributed by atoms with van der Waals surface area (Å²) in [4.78, 5) is 0. The van der Waals surface area contributed by atoms with Crippen LogP contribution in [0.5, 0.6) is 0 Å². The average molecular weight is 213 g/mol. The SMILES string of the molecule is C1CCC(CNCC2CCSCC2)C1. The van der Waals surface area contributed by atoms with Gasteiger partial charge in [0.25, 0.3) is 0 Å². The number of nitrogens with one attached hydrogen (secondary N) is 1. The van der Waals surface area contributed by atoms with Gasteiger partial charge in [-0.25, -0.2) is 0 Å². The Labute approximate surface area is 92.4 Å². The summed E-state index contributed by atoms with van der Waals surface area (Å²) in [6, 6.07) is 0. The van der Waals surface area contributed by atoms with Crippen molar-refractivity contribution in [1.82, 2.24) is 5.32 Å². The van der Waals surface area contributed by atoms with Gasteiger partial charge in [-0.15, -0.1) is 0 Å². The van der Waals surface area contributed by atoms with Crippen molar-refractivity contribution in [2.45, 2.75) is 38.5 Å². The quantitative estimate of drug-likeness (QED) is 0.770. The fourth-order valence-corrected chi connectivity index (χ4v) is 3.86. The van der Waals surface area contributed by atoms with Crippen LogP contribution < -0.4 is 5.32 Å². The molecule has 0 radical (unpaired) electrons. The summed E-state index contributed by atoms with van der Waals surface area (Å²) < 4.78 is 0. The third-order valence-corrected chi connectivity index (χ3v) is 4.73. The standard InChI is InChI=1S/C12H23NS/c1-2-4-11(3-1)9-13-10-12-5-7-14-8-6-12/h11-13H,1-10H2. The van der Waals surface area contributed by atoms with Gasteiger partial charge in [0.2, 0.25) is 0 Å². The van der Waals surface area contributed by atoms with Crippen LogP contribution in [-0.4, -0.2) is 24.6 Å². The second-order valence-corrected chi connectivity index (χ2v) is 6.09. The van der Waals surface area contributed by atoms with E-state index < -0.39 is 0 Å². The smallest absolute Gasteiger partial charge is 0.00198 e. The first-order valence-electron chi connectivity index (χ1n) is 6.23. The lowest BCUT2D eigenvalue weighted by molar-refractivity contribution is 0.411. The molecule has 1 aliphatic carbocycles. The Bertz CT molecular complexity index is 148. The van der Waals surface area contributed by atoms with Crippen molar-refractivity contribution in [2.75, 3.05) is 24.6 Å². The van der Waals surface area contributed by atoms with E-state index in [-0.39, 0.29) is 0 Å². The molecule has 0 spiro atoms. The van der Waals surface area contributed by atoms with Gasteiger partial charge in [-0.2, -0.15) is 11.8 Å². The van der Waals surface area contributed by atoms with E-state index in [2.05, 4.69) is 17.1 Å². The molecule has 2 rings (SSSR count). The molecule has 1 heterocycles. The molecule has 1 saturated carbocycles. The van der Waals surface area contributed by atoms with Gasteiger partial charge in [0, 0.05) is 0 Å². The van der Waals surface area contributed by atoms with Crippen LogP contribution in [0, 0.1) is 11.8 Å². The summed E-state index contributed by atoms with van der Waals surface area (Å²) in [5, 5.41) is 3.69. The largest absolute Gasteiger partial charge is 0.316 e. The van der Waals surface area contributed by atoms with Gasteiger partial charge in [0.05, 0.1) is 0 Å². The lowest BCUT2D eigenvalue weighted by atomic mass is 10.0. The summed E-state index contributed by atoms with van der Waals surface area (Å²) in [7, 11) is 0. The Morgan fingerprint density at radius 1 is 0.857 bits per heavy atom. The van der Waals surface area contributed by atoms with Gasteiger partial charge in [0.1, 0.15) is 0 Å². The second kappa shape index (κ2) is 6.02. The zero-order chi connectivity index (χ0) is 9.64. The zero-order valence-electron chi connectivity index (χ0n) is 9.13. The summed E-state index contributed by atoms with van der Waals surface area (Å²) in [6.07, 6.45) is 8.81. The molecule has 14 heavy (non-hydrogen) atoms. The maximum absolute atomic E-state index is 3.69. The van der Waals surface area contributed by atoms with E-state index in [4.69, 9.17) is 0 Å². The molecule has 2 fully saturated rings. The number of rotatable bonds is 4. The molecule has 2 heteroatoms. The van der Waals surface area contributed by atoms with E-state index in [1.165, 1.54) is 63.1 Å². The van der Waals surface area contributed by atoms with E-state index >= 15 is 0 Å². The molecule has 1 nitrogen and oxygen atoms in total. The summed E-state index contributed by atoms with van der Waals surface area (Å²) >= 11 is 2.13. The molecule has 1 aliphatic heterocycles. The molecule has 0 bridgehead atoms. The van der Waals surface area contributed by atoms with Crippen LogP contribution in [0.15, 0.2) is 0 Å². The molecule has 1 N–H and O–H groups in total. The Morgan fingerprint density at radius 2 is 1.43 bits per heavy atom. The summed E-state index contributed by atoms with van der Waals surface area (Å²) in [5.41, 5.74) is 0. The summed E-state index contributed by atoms with van der Waals surface area (Å²) in [5.74, 6) is 4.79. The fraction of sp³-hybridized carbons (Fsp3) is 1.00. The van der Waals surface area contributed by atoms with Crippen LogP contribution in [0.2, 0.25) is 0 Å². The van der Waals surface area contributed by atoms with E-state index in [1.807, 2.05) is 0 Å². The second-order valence-electron chi connectivity index (χ2n) is 4.86. The Morgan fingerprint density at radius 3 is 2.07 bits per heavy atom. The molecule has 2 aliphatic rings. The minimum Gasteiger partial charge on any atom is -0.316 e. The Hall–Kier alpha value is 0.310. The minimum atomic E-state index is 0.984. The maximum Gasteiger partial charge on any atom is -0.00198 e. The molecular weight excluding hydrogens is 190 g/mol. The predicted octanol–water partition coefficient (Wildman–Crippen LogP) is 2.91. The summed E-state index contributed by atoms with van der Waals surface area (Å²) in [6.45, 7) is 2.58. The van der Waals surface area contributed by atoms with Crippen LogP contribution in [0.1, 0.15) is 38.5 Å². The van der Waals surface area contributed by atoms with Crippen molar-refractivity contribution in [3.8, 4) is 0 Å². The van der Waals surface area contributed by atoms with Crippen LogP contribution in [0.3, 0.4) is 0 Å². The van der Waals surface area contributed by atoms with Gasteiger partial charge in [-0.1, -0.05) is 12.8 Å². The first kappa shape index (κ1) is 10.8. The van der Waals surface area contributed by atoms with Gasteiger partial charge in [-0.3, -0.25) is 0 Å². The Balaban J connectivity index is 1.52. The minimum absolute atomic E-state index is 0.984. The van der Waals surface area contributed by atoms with Gasteiger partial charge >= 0.3 is 0 Å². The lowest BCUT2D eigenvalue weighted by Gasteiger charge is -2.22. The molecule has 82 valence electrons. The first-order chi connectivity index (χ1) is 6.95. The molecule has 0 aromatic carbocycles. The topological polar surface area (TPSA) is 12.0 Å². The number of thioether (sulfide) groups is 1. The normalized spacial score (nSPS) is 25.7. The van der Waals surface area contributed by atoms with Crippen molar-refractivity contribution in [3.05, 3.63) is 0 Å². The molecule has 0 unspecified atom stereocenters. The van der Waals surface area contributed by atoms with Crippen LogP contribution in [0.4, 0.5) is 0 Å². The monoisotopic (exact) mass is 213 g/mol. The van der Waals surface area contributed by atoms with Crippen molar-refractivity contribution in [3.63, 3.8) is 0 Å². The molecular formula is C12H23NS. The van der Waals surface area contributed by atoms with Crippen molar-refractivity contribution >= 4 is 11.8 Å². The van der Waals surface area contributed by atoms with Crippen LogP contribution in [-0.2, 0) is 0 Å². The Kier molecular flexibility index (Phi) is 4.65. The zero-order valence-corrected chi connectivity index (χ0v) is 9.95. The van der Waals surface area contributed by atoms with Crippen molar-refractivity contribution in [2.24, 2.45) is 11.8 Å². The molecule has 0 aromatic heterocycles.